The molecule has 1 N–H and O–H groups in total. The summed E-state index contributed by atoms with van der Waals surface area (Å²) in [4.78, 5) is 10.4. The van der Waals surface area contributed by atoms with Gasteiger partial charge in [-0.1, -0.05) is 6.92 Å². The van der Waals surface area contributed by atoms with E-state index in [1.54, 1.807) is 0 Å². The van der Waals surface area contributed by atoms with E-state index in [4.69, 9.17) is 5.11 Å². The normalized spacial score (nSPS) is 30.5. The molecule has 1 fully saturated rings. The lowest BCUT2D eigenvalue weighted by molar-refractivity contribution is -0.141. The van der Waals surface area contributed by atoms with Crippen molar-refractivity contribution in [2.24, 2.45) is 5.92 Å². The van der Waals surface area contributed by atoms with Crippen LogP contribution in [0.25, 0.3) is 0 Å². The van der Waals surface area contributed by atoms with Crippen molar-refractivity contribution in [3.8, 4) is 0 Å². The average molecular weight is 178 g/mol. The summed E-state index contributed by atoms with van der Waals surface area (Å²) >= 11 is 0. The maximum atomic E-state index is 10.9. The Kier molecular flexibility index (Phi) is 1.92. The van der Waals surface area contributed by atoms with Crippen LogP contribution in [0.2, 0.25) is 0 Å². The number of hydrogen-bond donors (Lipinski definition) is 1. The average Bonchev–Trinajstić information content (AvgIpc) is 1.85. The predicted molar refractivity (Wildman–Crippen MR) is 39.0 cm³/mol. The first-order valence-electron chi connectivity index (χ1n) is 3.39. The summed E-state index contributed by atoms with van der Waals surface area (Å²) in [5, 5.41) is 7.85. The Morgan fingerprint density at radius 3 is 2.27 bits per heavy atom. The molecular weight excluding hydrogens is 168 g/mol. The van der Waals surface area contributed by atoms with E-state index in [-0.39, 0.29) is 5.75 Å². The third kappa shape index (κ3) is 1.38. The Labute approximate surface area is 65.1 Å². The van der Waals surface area contributed by atoms with Gasteiger partial charge < -0.3 is 5.11 Å². The van der Waals surface area contributed by atoms with Crippen molar-refractivity contribution in [3.63, 3.8) is 0 Å². The van der Waals surface area contributed by atoms with E-state index in [0.29, 0.717) is 6.42 Å². The lowest BCUT2D eigenvalue weighted by atomic mass is 10.1. The Morgan fingerprint density at radius 2 is 2.18 bits per heavy atom. The molecule has 0 spiro atoms. The molecule has 1 heterocycles. The van der Waals surface area contributed by atoms with Gasteiger partial charge in [0.05, 0.1) is 16.9 Å². The van der Waals surface area contributed by atoms with Gasteiger partial charge in [-0.25, -0.2) is 8.42 Å². The van der Waals surface area contributed by atoms with Gasteiger partial charge in [0, 0.05) is 0 Å². The van der Waals surface area contributed by atoms with Crippen LogP contribution in [0.4, 0.5) is 0 Å². The number of aliphatic carboxylic acids is 1. The van der Waals surface area contributed by atoms with E-state index in [9.17, 15) is 13.2 Å². The van der Waals surface area contributed by atoms with E-state index in [1.807, 2.05) is 0 Å². The minimum absolute atomic E-state index is 0.148. The Hall–Kier alpha value is -0.580. The number of carboxylic acid groups (broad SMARTS) is 1. The maximum absolute atomic E-state index is 10.9. The lowest BCUT2D eigenvalue weighted by Gasteiger charge is -2.28. The zero-order valence-corrected chi connectivity index (χ0v) is 6.97. The smallest absolute Gasteiger partial charge is 0.307 e. The third-order valence-electron chi connectivity index (χ3n) is 2.10. The SMILES string of the molecule is CC(C(=O)O)C1CCS1(=O)=O. The molecule has 5 heteroatoms. The highest BCUT2D eigenvalue weighted by atomic mass is 32.2. The van der Waals surface area contributed by atoms with Crippen molar-refractivity contribution < 1.29 is 18.3 Å². The standard InChI is InChI=1S/C6H10O4S/c1-4(6(7)8)5-2-3-11(5,9)10/h4-5H,2-3H2,1H3,(H,7,8). The van der Waals surface area contributed by atoms with Gasteiger partial charge in [0.1, 0.15) is 0 Å². The fourth-order valence-electron chi connectivity index (χ4n) is 1.17. The number of hydrogen-bond acceptors (Lipinski definition) is 3. The van der Waals surface area contributed by atoms with Crippen molar-refractivity contribution >= 4 is 15.8 Å². The fourth-order valence-corrected chi connectivity index (χ4v) is 2.80. The molecule has 1 rings (SSSR count). The molecule has 0 radical (unpaired) electrons. The van der Waals surface area contributed by atoms with Crippen LogP contribution in [-0.2, 0) is 14.6 Å². The number of carbonyl (C=O) groups is 1. The summed E-state index contributed by atoms with van der Waals surface area (Å²) in [5.74, 6) is -1.64. The molecule has 0 bridgehead atoms. The van der Waals surface area contributed by atoms with Gasteiger partial charge in [-0.3, -0.25) is 4.79 Å². The van der Waals surface area contributed by atoms with E-state index in [2.05, 4.69) is 0 Å². The Morgan fingerprint density at radius 1 is 1.64 bits per heavy atom. The van der Waals surface area contributed by atoms with Crippen molar-refractivity contribution in [2.45, 2.75) is 18.6 Å². The second-order valence-corrected chi connectivity index (χ2v) is 5.16. The molecule has 2 atom stereocenters. The highest BCUT2D eigenvalue weighted by Gasteiger charge is 2.42. The van der Waals surface area contributed by atoms with Gasteiger partial charge >= 0.3 is 5.97 Å². The van der Waals surface area contributed by atoms with Crippen LogP contribution >= 0.6 is 0 Å². The van der Waals surface area contributed by atoms with Crippen LogP contribution in [0.5, 0.6) is 0 Å². The molecule has 0 aliphatic carbocycles. The van der Waals surface area contributed by atoms with Crippen molar-refractivity contribution in [3.05, 3.63) is 0 Å². The van der Waals surface area contributed by atoms with Gasteiger partial charge in [-0.05, 0) is 6.42 Å². The van der Waals surface area contributed by atoms with Crippen molar-refractivity contribution in [2.75, 3.05) is 5.75 Å². The van der Waals surface area contributed by atoms with Crippen LogP contribution in [0.1, 0.15) is 13.3 Å². The highest BCUT2D eigenvalue weighted by Crippen LogP contribution is 2.27. The molecule has 0 aromatic rings. The molecule has 0 amide bonds. The second kappa shape index (κ2) is 2.48. The fraction of sp³-hybridized carbons (Fsp3) is 0.833. The number of sulfone groups is 1. The van der Waals surface area contributed by atoms with E-state index < -0.39 is 27.0 Å². The Balaban J connectivity index is 2.71. The number of rotatable bonds is 2. The van der Waals surface area contributed by atoms with Crippen LogP contribution in [0, 0.1) is 5.92 Å². The molecule has 64 valence electrons. The van der Waals surface area contributed by atoms with Crippen LogP contribution in [0.3, 0.4) is 0 Å². The van der Waals surface area contributed by atoms with Gasteiger partial charge in [-0.15, -0.1) is 0 Å². The van der Waals surface area contributed by atoms with Gasteiger partial charge in [0.25, 0.3) is 0 Å². The van der Waals surface area contributed by atoms with E-state index in [0.717, 1.165) is 0 Å². The molecule has 4 nitrogen and oxygen atoms in total. The molecule has 2 unspecified atom stereocenters. The second-order valence-electron chi connectivity index (χ2n) is 2.82. The maximum Gasteiger partial charge on any atom is 0.307 e. The number of carboxylic acids is 1. The summed E-state index contributed by atoms with van der Waals surface area (Å²) < 4.78 is 21.8. The largest absolute Gasteiger partial charge is 0.481 e. The first-order valence-corrected chi connectivity index (χ1v) is 5.11. The summed E-state index contributed by atoms with van der Waals surface area (Å²) in [6, 6.07) is 0. The summed E-state index contributed by atoms with van der Waals surface area (Å²) in [6.07, 6.45) is 0.496. The zero-order valence-electron chi connectivity index (χ0n) is 6.15. The van der Waals surface area contributed by atoms with Crippen LogP contribution in [0.15, 0.2) is 0 Å². The summed E-state index contributed by atoms with van der Waals surface area (Å²) in [6.45, 7) is 1.43. The monoisotopic (exact) mass is 178 g/mol. The third-order valence-corrected chi connectivity index (χ3v) is 4.47. The highest BCUT2D eigenvalue weighted by molar-refractivity contribution is 7.93. The van der Waals surface area contributed by atoms with E-state index in [1.165, 1.54) is 6.92 Å². The molecular formula is C6H10O4S. The quantitative estimate of drug-likeness (QED) is 0.640. The molecule has 1 saturated heterocycles. The lowest BCUT2D eigenvalue weighted by Crippen LogP contribution is -2.44. The molecule has 11 heavy (non-hydrogen) atoms. The minimum atomic E-state index is -3.05. The van der Waals surface area contributed by atoms with Crippen molar-refractivity contribution in [1.29, 1.82) is 0 Å². The summed E-state index contributed by atoms with van der Waals surface area (Å²) in [5.41, 5.74) is 0. The molecule has 1 aliphatic rings. The molecule has 0 saturated carbocycles. The van der Waals surface area contributed by atoms with Crippen LogP contribution in [-0.4, -0.2) is 30.5 Å². The van der Waals surface area contributed by atoms with Gasteiger partial charge in [-0.2, -0.15) is 0 Å². The first kappa shape index (κ1) is 8.52. The summed E-state index contributed by atoms with van der Waals surface area (Å²) in [7, 11) is -3.05. The van der Waals surface area contributed by atoms with Gasteiger partial charge in [0.2, 0.25) is 0 Å². The predicted octanol–water partition coefficient (Wildman–Crippen LogP) is -0.106. The zero-order chi connectivity index (χ0) is 8.65. The minimum Gasteiger partial charge on any atom is -0.481 e. The van der Waals surface area contributed by atoms with Crippen LogP contribution < -0.4 is 0 Å². The van der Waals surface area contributed by atoms with E-state index >= 15 is 0 Å². The van der Waals surface area contributed by atoms with Crippen molar-refractivity contribution in [1.82, 2.24) is 0 Å². The Bertz CT molecular complexity index is 266. The van der Waals surface area contributed by atoms with Gasteiger partial charge in [0.15, 0.2) is 9.84 Å². The topological polar surface area (TPSA) is 71.4 Å². The first-order chi connectivity index (χ1) is 4.95. The molecule has 1 aliphatic heterocycles. The molecule has 0 aromatic carbocycles. The molecule has 0 aromatic heterocycles.